The summed E-state index contributed by atoms with van der Waals surface area (Å²) in [6.45, 7) is 7.97. The molecule has 0 fully saturated rings. The first-order valence-corrected chi connectivity index (χ1v) is 8.55. The molecule has 2 rings (SSSR count). The van der Waals surface area contributed by atoms with Crippen LogP contribution in [0, 0.1) is 20.8 Å². The highest BCUT2D eigenvalue weighted by Crippen LogP contribution is 2.24. The minimum Gasteiger partial charge on any atom is -0.450 e. The molecule has 0 aromatic heterocycles. The van der Waals surface area contributed by atoms with E-state index in [0.717, 1.165) is 28.1 Å². The lowest BCUT2D eigenvalue weighted by atomic mass is 10.1. The molecule has 0 aliphatic carbocycles. The summed E-state index contributed by atoms with van der Waals surface area (Å²) >= 11 is 0. The van der Waals surface area contributed by atoms with Gasteiger partial charge in [0.25, 0.3) is 0 Å². The van der Waals surface area contributed by atoms with Crippen molar-refractivity contribution in [2.24, 2.45) is 0 Å². The first-order valence-electron chi connectivity index (χ1n) is 8.55. The maximum atomic E-state index is 12.3. The molecule has 6 nitrogen and oxygen atoms in total. The first-order chi connectivity index (χ1) is 12.4. The van der Waals surface area contributed by atoms with Gasteiger partial charge in [0.1, 0.15) is 0 Å². The Hall–Kier alpha value is -3.02. The molecular weight excluding hydrogens is 330 g/mol. The molecule has 0 aliphatic rings. The third kappa shape index (κ3) is 4.99. The fourth-order valence-electron chi connectivity index (χ4n) is 2.61. The number of benzene rings is 2. The van der Waals surface area contributed by atoms with Crippen molar-refractivity contribution in [3.63, 3.8) is 0 Å². The number of nitrogens with one attached hydrogen (secondary N) is 3. The fourth-order valence-corrected chi connectivity index (χ4v) is 2.61. The second-order valence-electron chi connectivity index (χ2n) is 5.99. The number of hydrogen-bond acceptors (Lipinski definition) is 4. The zero-order valence-electron chi connectivity index (χ0n) is 15.6. The fraction of sp³-hybridized carbons (Fsp3) is 0.300. The second-order valence-corrected chi connectivity index (χ2v) is 5.99. The van der Waals surface area contributed by atoms with Gasteiger partial charge in [-0.3, -0.25) is 10.1 Å². The van der Waals surface area contributed by atoms with Gasteiger partial charge in [0.15, 0.2) is 0 Å². The molecule has 26 heavy (non-hydrogen) atoms. The molecule has 0 saturated carbocycles. The average molecular weight is 355 g/mol. The summed E-state index contributed by atoms with van der Waals surface area (Å²) in [7, 11) is 0. The number of carbonyl (C=O) groups is 2. The van der Waals surface area contributed by atoms with Crippen LogP contribution in [0.1, 0.15) is 23.6 Å². The van der Waals surface area contributed by atoms with Gasteiger partial charge >= 0.3 is 6.09 Å². The minimum absolute atomic E-state index is 0.122. The van der Waals surface area contributed by atoms with E-state index in [2.05, 4.69) is 16.0 Å². The van der Waals surface area contributed by atoms with Crippen molar-refractivity contribution in [1.29, 1.82) is 0 Å². The second kappa shape index (κ2) is 8.89. The van der Waals surface area contributed by atoms with Crippen LogP contribution in [0.25, 0.3) is 0 Å². The van der Waals surface area contributed by atoms with Gasteiger partial charge in [-0.1, -0.05) is 24.3 Å². The van der Waals surface area contributed by atoms with E-state index >= 15 is 0 Å². The molecule has 0 bridgehead atoms. The molecule has 0 saturated heterocycles. The molecule has 2 amide bonds. The number of anilines is 3. The number of amides is 2. The van der Waals surface area contributed by atoms with Gasteiger partial charge in [0.05, 0.1) is 13.2 Å². The first kappa shape index (κ1) is 19.3. The van der Waals surface area contributed by atoms with Crippen LogP contribution in [0.3, 0.4) is 0 Å². The summed E-state index contributed by atoms with van der Waals surface area (Å²) in [5.74, 6) is -0.134. The molecule has 138 valence electrons. The number of carbonyl (C=O) groups excluding carboxylic acids is 2. The molecule has 0 radical (unpaired) electrons. The monoisotopic (exact) mass is 355 g/mol. The van der Waals surface area contributed by atoms with Crippen molar-refractivity contribution in [1.82, 2.24) is 0 Å². The Morgan fingerprint density at radius 2 is 1.54 bits per heavy atom. The summed E-state index contributed by atoms with van der Waals surface area (Å²) in [4.78, 5) is 23.9. The van der Waals surface area contributed by atoms with Gasteiger partial charge in [-0.25, -0.2) is 4.79 Å². The predicted molar refractivity (Wildman–Crippen MR) is 105 cm³/mol. The Bertz CT molecular complexity index is 783. The van der Waals surface area contributed by atoms with E-state index < -0.39 is 6.09 Å². The van der Waals surface area contributed by atoms with E-state index in [0.29, 0.717) is 12.3 Å². The van der Waals surface area contributed by atoms with Gasteiger partial charge in [0.2, 0.25) is 5.91 Å². The summed E-state index contributed by atoms with van der Waals surface area (Å²) in [5, 5.41) is 8.75. The van der Waals surface area contributed by atoms with Crippen LogP contribution in [0.5, 0.6) is 0 Å². The third-order valence-corrected chi connectivity index (χ3v) is 4.03. The lowest BCUT2D eigenvalue weighted by molar-refractivity contribution is -0.114. The van der Waals surface area contributed by atoms with Crippen LogP contribution in [0.4, 0.5) is 21.9 Å². The SMILES string of the molecule is CCOC(=O)Nc1cccc(NCC(=O)Nc2c(C)cccc2C)c1C. The van der Waals surface area contributed by atoms with E-state index in [-0.39, 0.29) is 12.5 Å². The number of aryl methyl sites for hydroxylation is 2. The van der Waals surface area contributed by atoms with Crippen LogP contribution in [0.15, 0.2) is 36.4 Å². The molecule has 0 atom stereocenters. The highest BCUT2D eigenvalue weighted by Gasteiger charge is 2.10. The molecular formula is C20H25N3O3. The zero-order valence-corrected chi connectivity index (χ0v) is 15.6. The van der Waals surface area contributed by atoms with E-state index in [4.69, 9.17) is 4.74 Å². The number of rotatable bonds is 6. The Labute approximate surface area is 153 Å². The van der Waals surface area contributed by atoms with Crippen LogP contribution in [0.2, 0.25) is 0 Å². The van der Waals surface area contributed by atoms with E-state index in [1.807, 2.05) is 45.0 Å². The van der Waals surface area contributed by atoms with Gasteiger partial charge in [-0.15, -0.1) is 0 Å². The average Bonchev–Trinajstić information content (AvgIpc) is 2.59. The van der Waals surface area contributed by atoms with Crippen molar-refractivity contribution >= 4 is 29.1 Å². The van der Waals surface area contributed by atoms with E-state index in [1.165, 1.54) is 0 Å². The smallest absolute Gasteiger partial charge is 0.411 e. The number of hydrogen-bond donors (Lipinski definition) is 3. The molecule has 0 aliphatic heterocycles. The lowest BCUT2D eigenvalue weighted by Crippen LogP contribution is -2.23. The third-order valence-electron chi connectivity index (χ3n) is 4.03. The predicted octanol–water partition coefficient (Wildman–Crippen LogP) is 4.23. The molecule has 0 spiro atoms. The van der Waals surface area contributed by atoms with Crippen LogP contribution in [-0.4, -0.2) is 25.2 Å². The summed E-state index contributed by atoms with van der Waals surface area (Å²) < 4.78 is 4.89. The van der Waals surface area contributed by atoms with Crippen molar-refractivity contribution in [3.8, 4) is 0 Å². The van der Waals surface area contributed by atoms with Gasteiger partial charge in [-0.2, -0.15) is 0 Å². The maximum Gasteiger partial charge on any atom is 0.411 e. The topological polar surface area (TPSA) is 79.5 Å². The Balaban J connectivity index is 2.01. The van der Waals surface area contributed by atoms with E-state index in [9.17, 15) is 9.59 Å². The van der Waals surface area contributed by atoms with Gasteiger partial charge < -0.3 is 15.4 Å². The largest absolute Gasteiger partial charge is 0.450 e. The number of ether oxygens (including phenoxy) is 1. The van der Waals surface area contributed by atoms with Crippen molar-refractivity contribution < 1.29 is 14.3 Å². The zero-order chi connectivity index (χ0) is 19.1. The summed E-state index contributed by atoms with van der Waals surface area (Å²) in [5.41, 5.74) is 5.14. The molecule has 0 heterocycles. The normalized spacial score (nSPS) is 10.2. The highest BCUT2D eigenvalue weighted by atomic mass is 16.5. The molecule has 0 unspecified atom stereocenters. The molecule has 2 aromatic rings. The van der Waals surface area contributed by atoms with Crippen LogP contribution < -0.4 is 16.0 Å². The Morgan fingerprint density at radius 3 is 2.19 bits per heavy atom. The van der Waals surface area contributed by atoms with Crippen LogP contribution >= 0.6 is 0 Å². The standard InChI is InChI=1S/C20H25N3O3/c1-5-26-20(25)22-17-11-7-10-16(15(17)4)21-12-18(24)23-19-13(2)8-6-9-14(19)3/h6-11,21H,5,12H2,1-4H3,(H,22,25)(H,23,24). The van der Waals surface area contributed by atoms with Gasteiger partial charge in [-0.05, 0) is 56.5 Å². The van der Waals surface area contributed by atoms with Gasteiger partial charge in [0, 0.05) is 17.1 Å². The van der Waals surface area contributed by atoms with Crippen LogP contribution in [-0.2, 0) is 9.53 Å². The van der Waals surface area contributed by atoms with Crippen molar-refractivity contribution in [3.05, 3.63) is 53.1 Å². The quantitative estimate of drug-likeness (QED) is 0.724. The maximum absolute atomic E-state index is 12.3. The molecule has 3 N–H and O–H groups in total. The highest BCUT2D eigenvalue weighted by molar-refractivity contribution is 5.95. The molecule has 6 heteroatoms. The number of para-hydroxylation sites is 1. The summed E-state index contributed by atoms with van der Waals surface area (Å²) in [6.07, 6.45) is -0.500. The van der Waals surface area contributed by atoms with Crippen molar-refractivity contribution in [2.75, 3.05) is 29.1 Å². The lowest BCUT2D eigenvalue weighted by Gasteiger charge is -2.15. The Kier molecular flexibility index (Phi) is 6.60. The minimum atomic E-state index is -0.500. The van der Waals surface area contributed by atoms with E-state index in [1.54, 1.807) is 19.1 Å². The summed E-state index contributed by atoms with van der Waals surface area (Å²) in [6, 6.07) is 11.3. The Morgan fingerprint density at radius 1 is 0.923 bits per heavy atom. The molecule has 2 aromatic carbocycles. The van der Waals surface area contributed by atoms with Crippen molar-refractivity contribution in [2.45, 2.75) is 27.7 Å².